The van der Waals surface area contributed by atoms with E-state index >= 15 is 0 Å². The van der Waals surface area contributed by atoms with Gasteiger partial charge in [0.15, 0.2) is 0 Å². The molecule has 7 heteroatoms. The van der Waals surface area contributed by atoms with Gasteiger partial charge in [0, 0.05) is 30.1 Å². The lowest BCUT2D eigenvalue weighted by Gasteiger charge is -2.25. The maximum atomic E-state index is 13.3. The Morgan fingerprint density at radius 1 is 1.20 bits per heavy atom. The molecule has 3 aromatic rings. The number of hydrogen-bond donors (Lipinski definition) is 1. The minimum atomic E-state index is -0.0285. The Bertz CT molecular complexity index is 1050. The van der Waals surface area contributed by atoms with Crippen LogP contribution in [-0.4, -0.2) is 46.8 Å². The zero-order valence-corrected chi connectivity index (χ0v) is 17.5. The van der Waals surface area contributed by atoms with Crippen molar-refractivity contribution in [3.8, 4) is 22.6 Å². The number of rotatable bonds is 6. The van der Waals surface area contributed by atoms with Crippen molar-refractivity contribution in [3.63, 3.8) is 0 Å². The molecule has 0 radical (unpaired) electrons. The van der Waals surface area contributed by atoms with E-state index < -0.39 is 0 Å². The number of hydrogen-bond acceptors (Lipinski definition) is 5. The predicted molar refractivity (Wildman–Crippen MR) is 113 cm³/mol. The highest BCUT2D eigenvalue weighted by Gasteiger charge is 2.33. The van der Waals surface area contributed by atoms with Gasteiger partial charge < -0.3 is 14.4 Å². The molecule has 3 heterocycles. The zero-order valence-electron chi connectivity index (χ0n) is 17.5. The predicted octanol–water partition coefficient (Wildman–Crippen LogP) is 3.70. The van der Waals surface area contributed by atoms with E-state index in [0.717, 1.165) is 47.3 Å². The summed E-state index contributed by atoms with van der Waals surface area (Å²) in [6.45, 7) is 2.76. The SMILES string of the molecule is COc1ccc(OC)c(CC(=O)N2CCCC2c2[nH]ncc2-c2ccncc2C)c1. The van der Waals surface area contributed by atoms with Gasteiger partial charge in [0.05, 0.1) is 38.6 Å². The number of carbonyl (C=O) groups excluding carboxylic acids is 1. The van der Waals surface area contributed by atoms with Crippen molar-refractivity contribution < 1.29 is 14.3 Å². The van der Waals surface area contributed by atoms with E-state index in [4.69, 9.17) is 9.47 Å². The number of ether oxygens (including phenoxy) is 2. The van der Waals surface area contributed by atoms with Gasteiger partial charge in [0.25, 0.3) is 0 Å². The topological polar surface area (TPSA) is 80.3 Å². The van der Waals surface area contributed by atoms with Gasteiger partial charge in [-0.15, -0.1) is 0 Å². The molecule has 1 aromatic carbocycles. The number of H-pyrrole nitrogens is 1. The summed E-state index contributed by atoms with van der Waals surface area (Å²) in [5.74, 6) is 1.46. The van der Waals surface area contributed by atoms with Gasteiger partial charge in [-0.1, -0.05) is 0 Å². The van der Waals surface area contributed by atoms with Crippen LogP contribution in [0.3, 0.4) is 0 Å². The lowest BCUT2D eigenvalue weighted by molar-refractivity contribution is -0.131. The molecule has 1 N–H and O–H groups in total. The van der Waals surface area contributed by atoms with Crippen LogP contribution in [0.25, 0.3) is 11.1 Å². The Hall–Kier alpha value is -3.35. The van der Waals surface area contributed by atoms with Gasteiger partial charge in [-0.05, 0) is 55.2 Å². The van der Waals surface area contributed by atoms with Crippen LogP contribution in [0.2, 0.25) is 0 Å². The lowest BCUT2D eigenvalue weighted by Crippen LogP contribution is -2.32. The summed E-state index contributed by atoms with van der Waals surface area (Å²) < 4.78 is 10.8. The second kappa shape index (κ2) is 8.57. The Morgan fingerprint density at radius 3 is 2.83 bits per heavy atom. The molecule has 7 nitrogen and oxygen atoms in total. The number of likely N-dealkylation sites (tertiary alicyclic amines) is 1. The van der Waals surface area contributed by atoms with Crippen LogP contribution >= 0.6 is 0 Å². The molecule has 1 aliphatic heterocycles. The number of aromatic nitrogens is 3. The Labute approximate surface area is 176 Å². The van der Waals surface area contributed by atoms with Crippen LogP contribution in [0.1, 0.15) is 35.7 Å². The average Bonchev–Trinajstić information content (AvgIpc) is 3.43. The summed E-state index contributed by atoms with van der Waals surface area (Å²) in [6.07, 6.45) is 7.59. The third-order valence-electron chi connectivity index (χ3n) is 5.71. The van der Waals surface area contributed by atoms with E-state index in [1.807, 2.05) is 48.5 Å². The number of amides is 1. The first-order valence-electron chi connectivity index (χ1n) is 10.1. The molecule has 4 rings (SSSR count). The second-order valence-corrected chi connectivity index (χ2v) is 7.49. The zero-order chi connectivity index (χ0) is 21.1. The van der Waals surface area contributed by atoms with Crippen molar-refractivity contribution in [1.29, 1.82) is 0 Å². The van der Waals surface area contributed by atoms with E-state index in [9.17, 15) is 4.79 Å². The Balaban J connectivity index is 1.61. The van der Waals surface area contributed by atoms with E-state index in [-0.39, 0.29) is 18.4 Å². The van der Waals surface area contributed by atoms with E-state index in [1.165, 1.54) is 0 Å². The molecule has 156 valence electrons. The summed E-state index contributed by atoms with van der Waals surface area (Å²) in [6, 6.07) is 7.50. The highest BCUT2D eigenvalue weighted by Crippen LogP contribution is 2.38. The number of benzene rings is 1. The molecule has 1 amide bonds. The standard InChI is InChI=1S/C23H26N4O3/c1-15-13-24-9-8-18(15)19-14-25-26-23(19)20-5-4-10-27(20)22(28)12-16-11-17(29-2)6-7-21(16)30-3/h6-9,11,13-14,20H,4-5,10,12H2,1-3H3,(H,25,26). The lowest BCUT2D eigenvalue weighted by atomic mass is 9.98. The molecule has 1 aliphatic rings. The van der Waals surface area contributed by atoms with Crippen molar-refractivity contribution in [2.45, 2.75) is 32.2 Å². The maximum Gasteiger partial charge on any atom is 0.227 e. The number of nitrogens with one attached hydrogen (secondary N) is 1. The average molecular weight is 406 g/mol. The molecular weight excluding hydrogens is 380 g/mol. The second-order valence-electron chi connectivity index (χ2n) is 7.49. The van der Waals surface area contributed by atoms with Crippen LogP contribution in [0.5, 0.6) is 11.5 Å². The molecule has 0 aliphatic carbocycles. The molecule has 30 heavy (non-hydrogen) atoms. The highest BCUT2D eigenvalue weighted by atomic mass is 16.5. The minimum absolute atomic E-state index is 0.0285. The molecule has 2 aromatic heterocycles. The summed E-state index contributed by atoms with van der Waals surface area (Å²) >= 11 is 0. The van der Waals surface area contributed by atoms with Crippen molar-refractivity contribution in [3.05, 3.63) is 59.7 Å². The van der Waals surface area contributed by atoms with Gasteiger partial charge in [0.2, 0.25) is 5.91 Å². The van der Waals surface area contributed by atoms with Gasteiger partial charge in [-0.25, -0.2) is 0 Å². The fraction of sp³-hybridized carbons (Fsp3) is 0.348. The van der Waals surface area contributed by atoms with E-state index in [2.05, 4.69) is 15.2 Å². The smallest absolute Gasteiger partial charge is 0.227 e. The van der Waals surface area contributed by atoms with E-state index in [0.29, 0.717) is 11.5 Å². The molecule has 1 saturated heterocycles. The fourth-order valence-electron chi connectivity index (χ4n) is 4.19. The van der Waals surface area contributed by atoms with Gasteiger partial charge in [-0.3, -0.25) is 14.9 Å². The fourth-order valence-corrected chi connectivity index (χ4v) is 4.19. The van der Waals surface area contributed by atoms with Crippen molar-refractivity contribution in [2.75, 3.05) is 20.8 Å². The summed E-state index contributed by atoms with van der Waals surface area (Å²) in [5, 5.41) is 7.45. The van der Waals surface area contributed by atoms with Crippen LogP contribution in [-0.2, 0) is 11.2 Å². The summed E-state index contributed by atoms with van der Waals surface area (Å²) in [5.41, 5.74) is 4.99. The first-order valence-corrected chi connectivity index (χ1v) is 10.1. The normalized spacial score (nSPS) is 16.0. The number of pyridine rings is 1. The number of carbonyl (C=O) groups is 1. The molecule has 1 unspecified atom stereocenters. The Kier molecular flexibility index (Phi) is 5.70. The number of aromatic amines is 1. The molecule has 1 fully saturated rings. The highest BCUT2D eigenvalue weighted by molar-refractivity contribution is 5.81. The molecule has 0 spiro atoms. The number of aryl methyl sites for hydroxylation is 1. The molecule has 1 atom stereocenters. The van der Waals surface area contributed by atoms with Crippen LogP contribution in [0.4, 0.5) is 0 Å². The first kappa shape index (κ1) is 19.9. The number of methoxy groups -OCH3 is 2. The first-order chi connectivity index (χ1) is 14.6. The third-order valence-corrected chi connectivity index (χ3v) is 5.71. The largest absolute Gasteiger partial charge is 0.497 e. The monoisotopic (exact) mass is 406 g/mol. The van der Waals surface area contributed by atoms with Gasteiger partial charge in [0.1, 0.15) is 11.5 Å². The third kappa shape index (κ3) is 3.75. The molecule has 0 saturated carbocycles. The maximum absolute atomic E-state index is 13.3. The molecule has 0 bridgehead atoms. The quantitative estimate of drug-likeness (QED) is 0.675. The van der Waals surface area contributed by atoms with Crippen molar-refractivity contribution in [2.24, 2.45) is 0 Å². The number of nitrogens with zero attached hydrogens (tertiary/aromatic N) is 3. The molecular formula is C23H26N4O3. The van der Waals surface area contributed by atoms with Gasteiger partial charge >= 0.3 is 0 Å². The Morgan fingerprint density at radius 2 is 2.07 bits per heavy atom. The summed E-state index contributed by atoms with van der Waals surface area (Å²) in [4.78, 5) is 19.4. The minimum Gasteiger partial charge on any atom is -0.497 e. The van der Waals surface area contributed by atoms with Crippen LogP contribution in [0, 0.1) is 6.92 Å². The van der Waals surface area contributed by atoms with Crippen LogP contribution in [0.15, 0.2) is 42.9 Å². The van der Waals surface area contributed by atoms with Crippen molar-refractivity contribution in [1.82, 2.24) is 20.1 Å². The van der Waals surface area contributed by atoms with Crippen molar-refractivity contribution >= 4 is 5.91 Å². The van der Waals surface area contributed by atoms with Crippen LogP contribution < -0.4 is 9.47 Å². The van der Waals surface area contributed by atoms with Gasteiger partial charge in [-0.2, -0.15) is 5.10 Å². The summed E-state index contributed by atoms with van der Waals surface area (Å²) in [7, 11) is 3.23. The van der Waals surface area contributed by atoms with E-state index in [1.54, 1.807) is 20.4 Å².